The third-order valence-corrected chi connectivity index (χ3v) is 4.88. The van der Waals surface area contributed by atoms with Crippen LogP contribution in [0.2, 0.25) is 0 Å². The van der Waals surface area contributed by atoms with Gasteiger partial charge in [-0.15, -0.1) is 0 Å². The molecule has 1 saturated heterocycles. The highest BCUT2D eigenvalue weighted by Gasteiger charge is 2.39. The minimum absolute atomic E-state index is 0.0918. The van der Waals surface area contributed by atoms with Crippen molar-refractivity contribution in [2.24, 2.45) is 0 Å². The summed E-state index contributed by atoms with van der Waals surface area (Å²) < 4.78 is 5.91. The monoisotopic (exact) mass is 287 g/mol. The fraction of sp³-hybridized carbons (Fsp3) is 0.611. The van der Waals surface area contributed by atoms with Crippen LogP contribution in [0.3, 0.4) is 0 Å². The Labute approximate surface area is 127 Å². The summed E-state index contributed by atoms with van der Waals surface area (Å²) in [5.41, 5.74) is 2.19. The Hall–Kier alpha value is -1.35. The minimum Gasteiger partial charge on any atom is -0.454 e. The lowest BCUT2D eigenvalue weighted by atomic mass is 9.83. The first kappa shape index (κ1) is 14.6. The summed E-state index contributed by atoms with van der Waals surface area (Å²) in [6.07, 6.45) is 4.86. The van der Waals surface area contributed by atoms with Crippen molar-refractivity contribution in [3.8, 4) is 0 Å². The Bertz CT molecular complexity index is 496. The van der Waals surface area contributed by atoms with E-state index >= 15 is 0 Å². The summed E-state index contributed by atoms with van der Waals surface area (Å²) in [7, 11) is 2.13. The summed E-state index contributed by atoms with van der Waals surface area (Å²) in [5.74, 6) is 0.677. The first-order valence-corrected chi connectivity index (χ1v) is 8.14. The second-order valence-corrected chi connectivity index (χ2v) is 6.52. The van der Waals surface area contributed by atoms with E-state index in [4.69, 9.17) is 4.74 Å². The number of hydrogen-bond donors (Lipinski definition) is 0. The Balaban J connectivity index is 1.84. The van der Waals surface area contributed by atoms with Crippen LogP contribution in [0.1, 0.15) is 56.1 Å². The predicted octanol–water partition coefficient (Wildman–Crippen LogP) is 3.44. The van der Waals surface area contributed by atoms with Crippen LogP contribution in [0.4, 0.5) is 0 Å². The molecule has 0 amide bonds. The average Bonchev–Trinajstić information content (AvgIpc) is 3.35. The number of hydrogen-bond acceptors (Lipinski definition) is 3. The zero-order valence-corrected chi connectivity index (χ0v) is 13.1. The van der Waals surface area contributed by atoms with E-state index in [-0.39, 0.29) is 5.97 Å². The number of ether oxygens (including phenoxy) is 1. The molecule has 3 nitrogen and oxygen atoms in total. The standard InChI is InChI=1S/C18H25NO2/c1-3-17(20)21-18(10-12-19(2)13-11-18)16-8-6-15(7-9-16)14-4-5-14/h6-9,14H,3-5,10-13H2,1-2H3. The highest BCUT2D eigenvalue weighted by atomic mass is 16.6. The molecule has 1 heterocycles. The van der Waals surface area contributed by atoms with Crippen LogP contribution in [0.15, 0.2) is 24.3 Å². The molecule has 3 heteroatoms. The topological polar surface area (TPSA) is 29.5 Å². The zero-order chi connectivity index (χ0) is 14.9. The Morgan fingerprint density at radius 2 is 1.86 bits per heavy atom. The van der Waals surface area contributed by atoms with Gasteiger partial charge in [-0.3, -0.25) is 4.79 Å². The van der Waals surface area contributed by atoms with Gasteiger partial charge in [0.15, 0.2) is 0 Å². The fourth-order valence-corrected chi connectivity index (χ4v) is 3.20. The number of likely N-dealkylation sites (tertiary alicyclic amines) is 1. The average molecular weight is 287 g/mol. The number of benzene rings is 1. The number of piperidine rings is 1. The molecule has 0 spiro atoms. The van der Waals surface area contributed by atoms with Crippen LogP contribution in [-0.4, -0.2) is 31.0 Å². The van der Waals surface area contributed by atoms with Gasteiger partial charge in [-0.05, 0) is 36.9 Å². The van der Waals surface area contributed by atoms with Crippen molar-refractivity contribution in [2.45, 2.75) is 50.5 Å². The van der Waals surface area contributed by atoms with E-state index in [9.17, 15) is 4.79 Å². The van der Waals surface area contributed by atoms with Crippen LogP contribution >= 0.6 is 0 Å². The van der Waals surface area contributed by atoms with E-state index in [0.717, 1.165) is 31.8 Å². The van der Waals surface area contributed by atoms with Gasteiger partial charge < -0.3 is 9.64 Å². The fourth-order valence-electron chi connectivity index (χ4n) is 3.20. The van der Waals surface area contributed by atoms with E-state index in [1.54, 1.807) is 0 Å². The summed E-state index contributed by atoms with van der Waals surface area (Å²) in [6.45, 7) is 3.81. The van der Waals surface area contributed by atoms with Gasteiger partial charge in [0.25, 0.3) is 0 Å². The third-order valence-electron chi connectivity index (χ3n) is 4.88. The van der Waals surface area contributed by atoms with Crippen molar-refractivity contribution < 1.29 is 9.53 Å². The highest BCUT2D eigenvalue weighted by Crippen LogP contribution is 2.42. The number of esters is 1. The molecule has 0 bridgehead atoms. The molecule has 0 unspecified atom stereocenters. The molecule has 1 saturated carbocycles. The summed E-state index contributed by atoms with van der Waals surface area (Å²) in [6, 6.07) is 8.82. The number of nitrogens with zero attached hydrogens (tertiary/aromatic N) is 1. The lowest BCUT2D eigenvalue weighted by Gasteiger charge is -2.40. The molecule has 2 aliphatic rings. The van der Waals surface area contributed by atoms with E-state index in [1.165, 1.54) is 24.0 Å². The van der Waals surface area contributed by atoms with Gasteiger partial charge in [-0.1, -0.05) is 31.2 Å². The summed E-state index contributed by atoms with van der Waals surface area (Å²) in [5, 5.41) is 0. The molecular weight excluding hydrogens is 262 g/mol. The molecule has 0 radical (unpaired) electrons. The molecule has 1 aliphatic heterocycles. The second kappa shape index (κ2) is 5.80. The molecule has 1 aliphatic carbocycles. The Morgan fingerprint density at radius 3 is 2.38 bits per heavy atom. The maximum absolute atomic E-state index is 11.9. The molecule has 2 fully saturated rings. The van der Waals surface area contributed by atoms with Crippen molar-refractivity contribution in [3.63, 3.8) is 0 Å². The van der Waals surface area contributed by atoms with Crippen LogP contribution < -0.4 is 0 Å². The number of carbonyl (C=O) groups excluding carboxylic acids is 1. The molecule has 114 valence electrons. The number of rotatable bonds is 4. The molecule has 0 aromatic heterocycles. The largest absolute Gasteiger partial charge is 0.454 e. The molecule has 3 rings (SSSR count). The molecule has 21 heavy (non-hydrogen) atoms. The third kappa shape index (κ3) is 3.13. The van der Waals surface area contributed by atoms with E-state index in [2.05, 4.69) is 36.2 Å². The minimum atomic E-state index is -0.415. The first-order valence-electron chi connectivity index (χ1n) is 8.14. The summed E-state index contributed by atoms with van der Waals surface area (Å²) >= 11 is 0. The van der Waals surface area contributed by atoms with Crippen molar-refractivity contribution in [1.82, 2.24) is 4.90 Å². The quantitative estimate of drug-likeness (QED) is 0.795. The van der Waals surface area contributed by atoms with Gasteiger partial charge in [0.2, 0.25) is 0 Å². The number of carbonyl (C=O) groups is 1. The van der Waals surface area contributed by atoms with E-state index in [1.807, 2.05) is 6.92 Å². The first-order chi connectivity index (χ1) is 10.1. The molecule has 0 N–H and O–H groups in total. The lowest BCUT2D eigenvalue weighted by Crippen LogP contribution is -2.43. The van der Waals surface area contributed by atoms with Crippen molar-refractivity contribution >= 4 is 5.97 Å². The van der Waals surface area contributed by atoms with Crippen LogP contribution in [0, 0.1) is 0 Å². The Kier molecular flexibility index (Phi) is 4.03. The Morgan fingerprint density at radius 1 is 1.24 bits per heavy atom. The van der Waals surface area contributed by atoms with E-state index < -0.39 is 5.60 Å². The molecular formula is C18H25NO2. The van der Waals surface area contributed by atoms with E-state index in [0.29, 0.717) is 6.42 Å². The second-order valence-electron chi connectivity index (χ2n) is 6.52. The van der Waals surface area contributed by atoms with Gasteiger partial charge in [0, 0.05) is 32.4 Å². The maximum atomic E-state index is 11.9. The smallest absolute Gasteiger partial charge is 0.306 e. The van der Waals surface area contributed by atoms with Crippen LogP contribution in [0.5, 0.6) is 0 Å². The molecule has 0 atom stereocenters. The van der Waals surface area contributed by atoms with Crippen molar-refractivity contribution in [1.29, 1.82) is 0 Å². The van der Waals surface area contributed by atoms with Crippen molar-refractivity contribution in [2.75, 3.05) is 20.1 Å². The normalized spacial score (nSPS) is 22.0. The lowest BCUT2D eigenvalue weighted by molar-refractivity contribution is -0.166. The van der Waals surface area contributed by atoms with Crippen LogP contribution in [0.25, 0.3) is 0 Å². The van der Waals surface area contributed by atoms with Gasteiger partial charge in [0.1, 0.15) is 5.60 Å². The van der Waals surface area contributed by atoms with Gasteiger partial charge in [0.05, 0.1) is 0 Å². The van der Waals surface area contributed by atoms with Gasteiger partial charge in [-0.2, -0.15) is 0 Å². The summed E-state index contributed by atoms with van der Waals surface area (Å²) in [4.78, 5) is 14.2. The van der Waals surface area contributed by atoms with Gasteiger partial charge >= 0.3 is 5.97 Å². The van der Waals surface area contributed by atoms with Crippen molar-refractivity contribution in [3.05, 3.63) is 35.4 Å². The predicted molar refractivity (Wildman–Crippen MR) is 83.2 cm³/mol. The molecule has 1 aromatic carbocycles. The SMILES string of the molecule is CCC(=O)OC1(c2ccc(C3CC3)cc2)CCN(C)CC1. The maximum Gasteiger partial charge on any atom is 0.306 e. The van der Waals surface area contributed by atoms with Gasteiger partial charge in [-0.25, -0.2) is 0 Å². The molecule has 1 aromatic rings. The van der Waals surface area contributed by atoms with Crippen LogP contribution in [-0.2, 0) is 15.1 Å². The zero-order valence-electron chi connectivity index (χ0n) is 13.1. The highest BCUT2D eigenvalue weighted by molar-refractivity contribution is 5.69.